The van der Waals surface area contributed by atoms with Crippen LogP contribution in [0.1, 0.15) is 87.4 Å². The van der Waals surface area contributed by atoms with Crippen molar-refractivity contribution in [3.8, 4) is 35.1 Å². The fraction of sp³-hybridized carbons (Fsp3) is 0.500. The number of carbonyl (C=O) groups is 1. The van der Waals surface area contributed by atoms with Crippen LogP contribution in [0.15, 0.2) is 18.2 Å². The predicted octanol–water partition coefficient (Wildman–Crippen LogP) is 6.89. The molecular formula is C32H40BrFN4O5. The molecule has 0 saturated heterocycles. The number of ether oxygens (including phenoxy) is 4. The maximum absolute atomic E-state index is 15.5. The molecule has 0 fully saturated rings. The second kappa shape index (κ2) is 16.1. The monoisotopic (exact) mass is 658 g/mol. The lowest BCUT2D eigenvalue weighted by molar-refractivity contribution is 0.0962. The molecule has 232 valence electrons. The van der Waals surface area contributed by atoms with Crippen LogP contribution in [0.2, 0.25) is 0 Å². The molecule has 43 heavy (non-hydrogen) atoms. The Labute approximate surface area is 263 Å². The number of carbonyl (C=O) groups excluding carboxylic acids is 1. The average Bonchev–Trinajstić information content (AvgIpc) is 3.25. The van der Waals surface area contributed by atoms with Gasteiger partial charge >= 0.3 is 0 Å². The van der Waals surface area contributed by atoms with Crippen molar-refractivity contribution >= 4 is 28.6 Å². The molecule has 0 aromatic heterocycles. The van der Waals surface area contributed by atoms with E-state index in [1.165, 1.54) is 4.90 Å². The maximum Gasteiger partial charge on any atom is 0.197 e. The van der Waals surface area contributed by atoms with Gasteiger partial charge < -0.3 is 23.8 Å². The van der Waals surface area contributed by atoms with Gasteiger partial charge in [-0.2, -0.15) is 10.5 Å². The summed E-state index contributed by atoms with van der Waals surface area (Å²) in [5, 5.41) is 26.5. The predicted molar refractivity (Wildman–Crippen MR) is 166 cm³/mol. The minimum atomic E-state index is -0.668. The van der Waals surface area contributed by atoms with E-state index in [-0.39, 0.29) is 72.0 Å². The lowest BCUT2D eigenvalue weighted by Gasteiger charge is -2.26. The molecule has 0 unspecified atom stereocenters. The van der Waals surface area contributed by atoms with Crippen LogP contribution in [0.5, 0.6) is 23.0 Å². The number of hydrogen-bond donors (Lipinski definition) is 1. The first-order chi connectivity index (χ1) is 20.1. The molecule has 0 amide bonds. The van der Waals surface area contributed by atoms with E-state index in [0.29, 0.717) is 61.5 Å². The number of Topliss-reactive ketones (excluding diaryl/α,β-unsaturated/α-hetero) is 1. The van der Waals surface area contributed by atoms with Gasteiger partial charge in [0, 0.05) is 30.5 Å². The Balaban J connectivity index is 0.00000645. The first-order valence-corrected chi connectivity index (χ1v) is 14.2. The van der Waals surface area contributed by atoms with Crippen LogP contribution in [-0.2, 0) is 12.0 Å². The lowest BCUT2D eigenvalue weighted by Crippen LogP contribution is -2.30. The standard InChI is InChI=1S/C32H39FN4O5.BrH/c1-6-39-26-18-22-19-37(31(36)27(22)28(33)30(26)40-7-2)20-24(38)21-16-23(32(3,4)5)29(42-15-11-9-13-35)25(17-21)41-14-10-8-12-34;/h16-18,36H,6-11,14-15,19-20H2,1-5H3;1H. The molecule has 9 nitrogen and oxygen atoms in total. The molecule has 0 spiro atoms. The van der Waals surface area contributed by atoms with Crippen LogP contribution in [0.3, 0.4) is 0 Å². The number of benzene rings is 2. The smallest absolute Gasteiger partial charge is 0.197 e. The summed E-state index contributed by atoms with van der Waals surface area (Å²) in [6, 6.07) is 9.28. The first-order valence-electron chi connectivity index (χ1n) is 14.2. The van der Waals surface area contributed by atoms with Crippen molar-refractivity contribution in [2.75, 3.05) is 33.0 Å². The number of hydrogen-bond acceptors (Lipinski definition) is 8. The molecule has 1 N–H and O–H groups in total. The minimum absolute atomic E-state index is 0. The fourth-order valence-corrected chi connectivity index (χ4v) is 4.66. The second-order valence-electron chi connectivity index (χ2n) is 10.9. The summed E-state index contributed by atoms with van der Waals surface area (Å²) in [5.41, 5.74) is 1.36. The van der Waals surface area contributed by atoms with Gasteiger partial charge in [-0.25, -0.2) is 4.39 Å². The number of fused-ring (bicyclic) bond motifs is 1. The molecule has 2 aromatic rings. The minimum Gasteiger partial charge on any atom is -0.490 e. The molecule has 0 radical (unpaired) electrons. The molecule has 11 heteroatoms. The molecule has 1 heterocycles. The van der Waals surface area contributed by atoms with Gasteiger partial charge in [0.2, 0.25) is 0 Å². The van der Waals surface area contributed by atoms with Crippen molar-refractivity contribution < 1.29 is 28.1 Å². The number of nitrogens with zero attached hydrogens (tertiary/aromatic N) is 3. The quantitative estimate of drug-likeness (QED) is 0.162. The van der Waals surface area contributed by atoms with Gasteiger partial charge in [-0.1, -0.05) is 20.8 Å². The molecular weight excluding hydrogens is 619 g/mol. The third-order valence-electron chi connectivity index (χ3n) is 6.66. The summed E-state index contributed by atoms with van der Waals surface area (Å²) in [6.45, 7) is 10.7. The molecule has 2 aromatic carbocycles. The van der Waals surface area contributed by atoms with Crippen molar-refractivity contribution in [3.05, 3.63) is 46.3 Å². The Morgan fingerprint density at radius 3 is 2.14 bits per heavy atom. The zero-order valence-corrected chi connectivity index (χ0v) is 27.2. The van der Waals surface area contributed by atoms with Gasteiger partial charge in [-0.3, -0.25) is 10.2 Å². The Bertz CT molecular complexity index is 1390. The number of ketones is 1. The summed E-state index contributed by atoms with van der Waals surface area (Å²) in [7, 11) is 0. The summed E-state index contributed by atoms with van der Waals surface area (Å²) >= 11 is 0. The van der Waals surface area contributed by atoms with E-state index in [4.69, 9.17) is 34.9 Å². The summed E-state index contributed by atoms with van der Waals surface area (Å²) in [6.07, 6.45) is 1.73. The Morgan fingerprint density at radius 2 is 1.56 bits per heavy atom. The number of halogens is 2. The average molecular weight is 660 g/mol. The number of nitriles is 2. The highest BCUT2D eigenvalue weighted by atomic mass is 79.9. The molecule has 0 saturated carbocycles. The summed E-state index contributed by atoms with van der Waals surface area (Å²) in [4.78, 5) is 15.2. The topological polar surface area (TPSA) is 129 Å². The highest BCUT2D eigenvalue weighted by Gasteiger charge is 2.34. The SMILES string of the molecule is Br.CCOc1cc2c(c(F)c1OCC)C(=N)N(CC(=O)c1cc(OCCCC#N)c(OCCCC#N)c(C(C)(C)C)c1)C2. The second-order valence-corrected chi connectivity index (χ2v) is 10.9. The van der Waals surface area contributed by atoms with E-state index in [9.17, 15) is 4.79 Å². The van der Waals surface area contributed by atoms with E-state index in [2.05, 4.69) is 12.1 Å². The number of rotatable bonds is 15. The van der Waals surface area contributed by atoms with Gasteiger partial charge in [0.25, 0.3) is 0 Å². The van der Waals surface area contributed by atoms with Gasteiger partial charge in [0.15, 0.2) is 34.6 Å². The molecule has 0 aliphatic carbocycles. The molecule has 1 aliphatic rings. The van der Waals surface area contributed by atoms with Crippen LogP contribution >= 0.6 is 17.0 Å². The lowest BCUT2D eigenvalue weighted by atomic mass is 9.84. The van der Waals surface area contributed by atoms with E-state index >= 15 is 4.39 Å². The van der Waals surface area contributed by atoms with Gasteiger partial charge in [-0.05, 0) is 55.9 Å². The Hall–Kier alpha value is -3.83. The first kappa shape index (κ1) is 35.4. The van der Waals surface area contributed by atoms with E-state index < -0.39 is 11.2 Å². The van der Waals surface area contributed by atoms with Gasteiger partial charge in [-0.15, -0.1) is 17.0 Å². The van der Waals surface area contributed by atoms with E-state index in [0.717, 1.165) is 5.56 Å². The fourth-order valence-electron chi connectivity index (χ4n) is 4.66. The van der Waals surface area contributed by atoms with Crippen molar-refractivity contribution in [1.29, 1.82) is 15.9 Å². The summed E-state index contributed by atoms with van der Waals surface area (Å²) < 4.78 is 38.7. The summed E-state index contributed by atoms with van der Waals surface area (Å²) in [5.74, 6) is 0.0919. The van der Waals surface area contributed by atoms with Gasteiger partial charge in [0.1, 0.15) is 5.84 Å². The largest absolute Gasteiger partial charge is 0.490 e. The number of nitrogens with one attached hydrogen (secondary N) is 1. The Morgan fingerprint density at radius 1 is 0.953 bits per heavy atom. The highest BCUT2D eigenvalue weighted by Crippen LogP contribution is 2.41. The molecule has 0 atom stereocenters. The van der Waals surface area contributed by atoms with Crippen LogP contribution in [0.25, 0.3) is 0 Å². The van der Waals surface area contributed by atoms with Crippen LogP contribution in [0, 0.1) is 33.9 Å². The molecule has 1 aliphatic heterocycles. The van der Waals surface area contributed by atoms with Crippen LogP contribution < -0.4 is 18.9 Å². The third kappa shape index (κ3) is 8.61. The maximum atomic E-state index is 15.5. The van der Waals surface area contributed by atoms with Crippen molar-refractivity contribution in [1.82, 2.24) is 4.90 Å². The molecule has 0 bridgehead atoms. The van der Waals surface area contributed by atoms with Crippen LogP contribution in [0.4, 0.5) is 4.39 Å². The zero-order chi connectivity index (χ0) is 30.9. The van der Waals surface area contributed by atoms with Crippen molar-refractivity contribution in [3.63, 3.8) is 0 Å². The zero-order valence-electron chi connectivity index (χ0n) is 25.5. The molecule has 3 rings (SSSR count). The normalized spacial score (nSPS) is 12.1. The Kier molecular flexibility index (Phi) is 13.3. The van der Waals surface area contributed by atoms with Crippen molar-refractivity contribution in [2.45, 2.75) is 72.3 Å². The van der Waals surface area contributed by atoms with E-state index in [1.807, 2.05) is 20.8 Å². The third-order valence-corrected chi connectivity index (χ3v) is 6.66. The van der Waals surface area contributed by atoms with Crippen LogP contribution in [-0.4, -0.2) is 49.5 Å². The van der Waals surface area contributed by atoms with Crippen molar-refractivity contribution in [2.24, 2.45) is 0 Å². The number of unbranched alkanes of at least 4 members (excludes halogenated alkanes) is 2. The van der Waals surface area contributed by atoms with E-state index in [1.54, 1.807) is 32.0 Å². The number of amidine groups is 1. The highest BCUT2D eigenvalue weighted by molar-refractivity contribution is 8.93. The van der Waals surface area contributed by atoms with Gasteiger partial charge in [0.05, 0.1) is 50.7 Å².